The van der Waals surface area contributed by atoms with Crippen LogP contribution < -0.4 is 10.0 Å². The Morgan fingerprint density at radius 1 is 1.38 bits per heavy atom. The molecule has 1 saturated carbocycles. The van der Waals surface area contributed by atoms with Crippen LogP contribution in [0.15, 0.2) is 31.0 Å². The Hall–Kier alpha value is -2.14. The van der Waals surface area contributed by atoms with E-state index in [2.05, 4.69) is 36.8 Å². The van der Waals surface area contributed by atoms with E-state index >= 15 is 0 Å². The van der Waals surface area contributed by atoms with Crippen molar-refractivity contribution in [3.63, 3.8) is 0 Å². The lowest BCUT2D eigenvalue weighted by molar-refractivity contribution is 0.192. The molecule has 1 aliphatic carbocycles. The lowest BCUT2D eigenvalue weighted by Crippen LogP contribution is -2.09. The first-order valence-corrected chi connectivity index (χ1v) is 10.2. The molecule has 29 heavy (non-hydrogen) atoms. The van der Waals surface area contributed by atoms with Gasteiger partial charge in [0.05, 0.1) is 24.1 Å². The molecular formula is C22H28N3O3P. The van der Waals surface area contributed by atoms with E-state index in [9.17, 15) is 5.11 Å². The zero-order valence-electron chi connectivity index (χ0n) is 17.2. The number of aliphatic hydroxyl groups is 1. The third kappa shape index (κ3) is 5.92. The van der Waals surface area contributed by atoms with Gasteiger partial charge in [0, 0.05) is 30.5 Å². The summed E-state index contributed by atoms with van der Waals surface area (Å²) in [5.74, 6) is 1.51. The highest BCUT2D eigenvalue weighted by molar-refractivity contribution is 7.27. The molecule has 7 heteroatoms. The summed E-state index contributed by atoms with van der Waals surface area (Å²) in [5.41, 5.74) is 4.14. The number of ether oxygens (including phenoxy) is 2. The normalized spacial score (nSPS) is 15.3. The van der Waals surface area contributed by atoms with Gasteiger partial charge in [-0.25, -0.2) is 4.98 Å². The lowest BCUT2D eigenvalue weighted by Gasteiger charge is -2.13. The van der Waals surface area contributed by atoms with Crippen LogP contribution in [0.2, 0.25) is 0 Å². The number of rotatable bonds is 9. The summed E-state index contributed by atoms with van der Waals surface area (Å²) in [7, 11) is 4.33. The molecule has 6 nitrogen and oxygen atoms in total. The van der Waals surface area contributed by atoms with Crippen molar-refractivity contribution in [2.45, 2.75) is 39.4 Å². The van der Waals surface area contributed by atoms with Gasteiger partial charge in [-0.05, 0) is 49.6 Å². The van der Waals surface area contributed by atoms with Crippen molar-refractivity contribution in [2.75, 3.05) is 13.7 Å². The van der Waals surface area contributed by atoms with Gasteiger partial charge in [0.2, 0.25) is 5.88 Å². The monoisotopic (exact) mass is 413 g/mol. The number of allylic oxidation sites excluding steroid dienone is 2. The fourth-order valence-electron chi connectivity index (χ4n) is 2.88. The maximum Gasteiger partial charge on any atom is 0.217 e. The van der Waals surface area contributed by atoms with Gasteiger partial charge in [-0.1, -0.05) is 12.7 Å². The molecule has 0 aromatic carbocycles. The molecule has 2 heterocycles. The first kappa shape index (κ1) is 21.6. The quantitative estimate of drug-likeness (QED) is 0.635. The summed E-state index contributed by atoms with van der Waals surface area (Å²) in [6, 6.07) is 3.68. The Labute approximate surface area is 174 Å². The second kappa shape index (κ2) is 9.57. The molecule has 0 radical (unpaired) electrons. The third-order valence-corrected chi connectivity index (χ3v) is 5.00. The maximum atomic E-state index is 10.1. The zero-order valence-corrected chi connectivity index (χ0v) is 18.3. The van der Waals surface area contributed by atoms with E-state index in [0.717, 1.165) is 27.7 Å². The molecule has 154 valence electrons. The van der Waals surface area contributed by atoms with E-state index in [-0.39, 0.29) is 0 Å². The van der Waals surface area contributed by atoms with Crippen molar-refractivity contribution in [3.8, 4) is 5.88 Å². The molecule has 1 N–H and O–H groups in total. The Kier molecular flexibility index (Phi) is 7.12. The van der Waals surface area contributed by atoms with Gasteiger partial charge < -0.3 is 14.6 Å². The van der Waals surface area contributed by atoms with E-state index in [4.69, 9.17) is 9.47 Å². The largest absolute Gasteiger partial charge is 0.473 e. The Balaban J connectivity index is 1.84. The number of aliphatic hydroxyl groups excluding tert-OH is 1. The van der Waals surface area contributed by atoms with Crippen LogP contribution in [0.4, 0.5) is 0 Å². The Bertz CT molecular complexity index is 924. The summed E-state index contributed by atoms with van der Waals surface area (Å²) in [5, 5.41) is 11.0. The molecule has 0 bridgehead atoms. The van der Waals surface area contributed by atoms with Crippen LogP contribution in [0.1, 0.15) is 55.6 Å². The minimum Gasteiger partial charge on any atom is -0.473 e. The van der Waals surface area contributed by atoms with E-state index in [1.165, 1.54) is 12.8 Å². The second-order valence-corrected chi connectivity index (χ2v) is 8.07. The minimum atomic E-state index is -0.723. The predicted molar refractivity (Wildman–Crippen MR) is 118 cm³/mol. The molecule has 1 fully saturated rings. The number of hydrogen-bond acceptors (Lipinski definition) is 6. The van der Waals surface area contributed by atoms with Gasteiger partial charge in [0.1, 0.15) is 6.61 Å². The highest BCUT2D eigenvalue weighted by Gasteiger charge is 2.21. The maximum absolute atomic E-state index is 10.1. The van der Waals surface area contributed by atoms with Crippen LogP contribution in [0.25, 0.3) is 11.1 Å². The van der Waals surface area contributed by atoms with Gasteiger partial charge in [-0.15, -0.1) is 9.24 Å². The number of pyridine rings is 1. The standard InChI is InChI=1S/C22H28N3O3P/c1-13(2)21-19(29)8-16(10-23-21)11-28-20-9-18(14(3)26)24-22(25-20)17(12-27-4)7-15-5-6-15/h7-10,14-15,26H,1,5-6,11-12,29H2,2-4H3/b17-7-. The molecule has 2 aromatic rings. The third-order valence-electron chi connectivity index (χ3n) is 4.56. The van der Waals surface area contributed by atoms with Crippen LogP contribution >= 0.6 is 9.24 Å². The minimum absolute atomic E-state index is 0.312. The predicted octanol–water partition coefficient (Wildman–Crippen LogP) is 3.48. The van der Waals surface area contributed by atoms with Gasteiger partial charge in [0.15, 0.2) is 5.82 Å². The summed E-state index contributed by atoms with van der Waals surface area (Å²) in [6.45, 7) is 8.28. The second-order valence-electron chi connectivity index (χ2n) is 7.44. The van der Waals surface area contributed by atoms with Crippen LogP contribution in [-0.2, 0) is 11.3 Å². The molecule has 1 aliphatic rings. The Morgan fingerprint density at radius 3 is 2.72 bits per heavy atom. The molecule has 0 spiro atoms. The van der Waals surface area contributed by atoms with Crippen molar-refractivity contribution in [1.29, 1.82) is 0 Å². The smallest absolute Gasteiger partial charge is 0.217 e. The molecule has 0 saturated heterocycles. The van der Waals surface area contributed by atoms with E-state index in [1.54, 1.807) is 26.3 Å². The molecule has 3 rings (SSSR count). The topological polar surface area (TPSA) is 77.4 Å². The average Bonchev–Trinajstić information content (AvgIpc) is 3.49. The van der Waals surface area contributed by atoms with Gasteiger partial charge in [-0.3, -0.25) is 4.98 Å². The average molecular weight is 413 g/mol. The highest BCUT2D eigenvalue weighted by Crippen LogP contribution is 2.33. The number of aromatic nitrogens is 3. The van der Waals surface area contributed by atoms with Crippen LogP contribution in [0, 0.1) is 5.92 Å². The number of methoxy groups -OCH3 is 1. The van der Waals surface area contributed by atoms with Gasteiger partial charge >= 0.3 is 0 Å². The SMILES string of the molecule is C=C(C)c1ncc(COc2cc(C(C)O)nc(/C(=C\C3CC3)COC)n2)cc1P. The van der Waals surface area contributed by atoms with E-state index in [0.29, 0.717) is 36.5 Å². The molecule has 2 atom stereocenters. The number of nitrogens with zero attached hydrogens (tertiary/aromatic N) is 3. The Morgan fingerprint density at radius 2 is 2.14 bits per heavy atom. The summed E-state index contributed by atoms with van der Waals surface area (Å²) in [6.07, 6.45) is 5.57. The van der Waals surface area contributed by atoms with E-state index < -0.39 is 6.10 Å². The van der Waals surface area contributed by atoms with Crippen LogP contribution in [0.3, 0.4) is 0 Å². The first-order valence-electron chi connectivity index (χ1n) is 9.67. The molecule has 0 aliphatic heterocycles. The first-order chi connectivity index (χ1) is 13.9. The molecule has 2 unspecified atom stereocenters. The van der Waals surface area contributed by atoms with Crippen molar-refractivity contribution in [3.05, 3.63) is 53.8 Å². The number of hydrogen-bond donors (Lipinski definition) is 1. The molecular weight excluding hydrogens is 385 g/mol. The van der Waals surface area contributed by atoms with Crippen molar-refractivity contribution in [2.24, 2.45) is 5.92 Å². The van der Waals surface area contributed by atoms with Crippen LogP contribution in [0.5, 0.6) is 5.88 Å². The lowest BCUT2D eigenvalue weighted by atomic mass is 10.2. The summed E-state index contributed by atoms with van der Waals surface area (Å²) >= 11 is 0. The van der Waals surface area contributed by atoms with Crippen molar-refractivity contribution < 1.29 is 14.6 Å². The van der Waals surface area contributed by atoms with E-state index in [1.807, 2.05) is 13.0 Å². The summed E-state index contributed by atoms with van der Waals surface area (Å²) in [4.78, 5) is 13.5. The van der Waals surface area contributed by atoms with Gasteiger partial charge in [0.25, 0.3) is 0 Å². The fourth-order valence-corrected chi connectivity index (χ4v) is 3.42. The molecule has 2 aromatic heterocycles. The fraction of sp³-hybridized carbons (Fsp3) is 0.409. The van der Waals surface area contributed by atoms with Gasteiger partial charge in [-0.2, -0.15) is 4.98 Å². The van der Waals surface area contributed by atoms with Crippen molar-refractivity contribution >= 4 is 25.7 Å². The zero-order chi connectivity index (χ0) is 21.0. The highest BCUT2D eigenvalue weighted by atomic mass is 31.0. The molecule has 0 amide bonds. The van der Waals surface area contributed by atoms with Crippen molar-refractivity contribution in [1.82, 2.24) is 15.0 Å². The van der Waals surface area contributed by atoms with Crippen LogP contribution in [-0.4, -0.2) is 33.8 Å². The summed E-state index contributed by atoms with van der Waals surface area (Å²) < 4.78 is 11.3.